The molecule has 4 nitrogen and oxygen atoms in total. The number of fused-ring (bicyclic) bond motifs is 1. The Kier molecular flexibility index (Phi) is 2.96. The fraction of sp³-hybridized carbons (Fsp3) is 0.462. The highest BCUT2D eigenvalue weighted by atomic mass is 16.5. The molecule has 1 fully saturated rings. The van der Waals surface area contributed by atoms with Gasteiger partial charge in [-0.1, -0.05) is 0 Å². The van der Waals surface area contributed by atoms with Gasteiger partial charge in [-0.25, -0.2) is 4.98 Å². The highest BCUT2D eigenvalue weighted by molar-refractivity contribution is 5.81. The van der Waals surface area contributed by atoms with Gasteiger partial charge in [-0.15, -0.1) is 0 Å². The zero-order chi connectivity index (χ0) is 11.5. The van der Waals surface area contributed by atoms with Crippen molar-refractivity contribution in [1.82, 2.24) is 10.3 Å². The van der Waals surface area contributed by atoms with E-state index in [2.05, 4.69) is 10.3 Å². The molecule has 17 heavy (non-hydrogen) atoms. The van der Waals surface area contributed by atoms with Crippen LogP contribution in [0.5, 0.6) is 5.88 Å². The van der Waals surface area contributed by atoms with E-state index in [-0.39, 0.29) is 0 Å². The quantitative estimate of drug-likeness (QED) is 0.881. The number of furan rings is 1. The van der Waals surface area contributed by atoms with E-state index < -0.39 is 0 Å². The van der Waals surface area contributed by atoms with Crippen LogP contribution < -0.4 is 10.1 Å². The molecule has 90 valence electrons. The second kappa shape index (κ2) is 4.75. The minimum absolute atomic E-state index is 0.639. The number of hydrogen-bond acceptors (Lipinski definition) is 4. The molecule has 3 rings (SSSR count). The summed E-state index contributed by atoms with van der Waals surface area (Å²) in [6.07, 6.45) is 5.76. The Morgan fingerprint density at radius 3 is 3.12 bits per heavy atom. The third kappa shape index (κ3) is 2.26. The van der Waals surface area contributed by atoms with Gasteiger partial charge < -0.3 is 14.5 Å². The van der Waals surface area contributed by atoms with Crippen LogP contribution in [0.15, 0.2) is 29.0 Å². The van der Waals surface area contributed by atoms with E-state index in [9.17, 15) is 0 Å². The van der Waals surface area contributed by atoms with Crippen LogP contribution in [-0.2, 0) is 0 Å². The molecule has 0 spiro atoms. The minimum Gasteiger partial charge on any atom is -0.477 e. The van der Waals surface area contributed by atoms with Crippen LogP contribution in [0.25, 0.3) is 11.0 Å². The van der Waals surface area contributed by atoms with E-state index >= 15 is 0 Å². The van der Waals surface area contributed by atoms with Gasteiger partial charge in [-0.2, -0.15) is 0 Å². The van der Waals surface area contributed by atoms with Crippen LogP contribution in [-0.4, -0.2) is 24.7 Å². The Hall–Kier alpha value is -1.55. The van der Waals surface area contributed by atoms with Crippen molar-refractivity contribution < 1.29 is 9.15 Å². The Bertz CT molecular complexity index is 489. The average Bonchev–Trinajstić information content (AvgIpc) is 2.86. The lowest BCUT2D eigenvalue weighted by molar-refractivity contribution is 0.211. The molecular formula is C13H16N2O2. The van der Waals surface area contributed by atoms with Gasteiger partial charge in [-0.05, 0) is 44.0 Å². The predicted octanol–water partition coefficient (Wildman–Crippen LogP) is 2.21. The van der Waals surface area contributed by atoms with E-state index in [1.807, 2.05) is 12.1 Å². The molecule has 1 N–H and O–H groups in total. The van der Waals surface area contributed by atoms with Gasteiger partial charge in [0.25, 0.3) is 0 Å². The van der Waals surface area contributed by atoms with Crippen LogP contribution in [0.2, 0.25) is 0 Å². The first-order chi connectivity index (χ1) is 8.43. The monoisotopic (exact) mass is 232 g/mol. The topological polar surface area (TPSA) is 47.3 Å². The van der Waals surface area contributed by atoms with Crippen LogP contribution in [0.4, 0.5) is 0 Å². The molecule has 4 heteroatoms. The van der Waals surface area contributed by atoms with Crippen molar-refractivity contribution in [3.8, 4) is 5.88 Å². The summed E-state index contributed by atoms with van der Waals surface area (Å²) >= 11 is 0. The van der Waals surface area contributed by atoms with Crippen LogP contribution in [0, 0.1) is 5.92 Å². The zero-order valence-corrected chi connectivity index (χ0v) is 9.69. The Balaban J connectivity index is 1.69. The molecule has 0 atom stereocenters. The number of aromatic nitrogens is 1. The van der Waals surface area contributed by atoms with Crippen molar-refractivity contribution in [2.45, 2.75) is 12.8 Å². The van der Waals surface area contributed by atoms with Crippen molar-refractivity contribution >= 4 is 11.0 Å². The second-order valence-corrected chi connectivity index (χ2v) is 4.45. The normalized spacial score (nSPS) is 17.4. The van der Waals surface area contributed by atoms with Gasteiger partial charge in [0.05, 0.1) is 18.3 Å². The lowest BCUT2D eigenvalue weighted by Crippen LogP contribution is -2.30. The molecular weight excluding hydrogens is 216 g/mol. The van der Waals surface area contributed by atoms with Crippen LogP contribution in [0.3, 0.4) is 0 Å². The van der Waals surface area contributed by atoms with Crippen molar-refractivity contribution in [2.24, 2.45) is 5.92 Å². The summed E-state index contributed by atoms with van der Waals surface area (Å²) in [6, 6.07) is 3.76. The van der Waals surface area contributed by atoms with E-state index in [1.54, 1.807) is 12.5 Å². The molecule has 1 saturated heterocycles. The van der Waals surface area contributed by atoms with E-state index in [1.165, 1.54) is 12.8 Å². The summed E-state index contributed by atoms with van der Waals surface area (Å²) in [5.41, 5.74) is 0.834. The minimum atomic E-state index is 0.639. The molecule has 0 aromatic carbocycles. The van der Waals surface area contributed by atoms with Gasteiger partial charge in [0.15, 0.2) is 0 Å². The molecule has 0 radical (unpaired) electrons. The SMILES string of the molecule is c1cc2occc2c(OCC2CCNCC2)n1. The van der Waals surface area contributed by atoms with E-state index in [0.29, 0.717) is 11.8 Å². The van der Waals surface area contributed by atoms with Crippen molar-refractivity contribution in [3.05, 3.63) is 24.6 Å². The fourth-order valence-electron chi connectivity index (χ4n) is 2.23. The molecule has 1 aliphatic heterocycles. The first-order valence-electron chi connectivity index (χ1n) is 6.09. The summed E-state index contributed by atoms with van der Waals surface area (Å²) < 4.78 is 11.1. The van der Waals surface area contributed by atoms with Crippen LogP contribution in [0.1, 0.15) is 12.8 Å². The maximum absolute atomic E-state index is 5.82. The molecule has 0 amide bonds. The molecule has 2 aromatic heterocycles. The summed E-state index contributed by atoms with van der Waals surface area (Å²) in [5, 5.41) is 4.31. The number of piperidine rings is 1. The number of ether oxygens (including phenoxy) is 1. The summed E-state index contributed by atoms with van der Waals surface area (Å²) in [5.74, 6) is 1.33. The maximum atomic E-state index is 5.82. The largest absolute Gasteiger partial charge is 0.477 e. The third-order valence-corrected chi connectivity index (χ3v) is 3.26. The van der Waals surface area contributed by atoms with Gasteiger partial charge in [0, 0.05) is 6.20 Å². The zero-order valence-electron chi connectivity index (χ0n) is 9.69. The number of nitrogens with zero attached hydrogens (tertiary/aromatic N) is 1. The highest BCUT2D eigenvalue weighted by Crippen LogP contribution is 2.24. The Morgan fingerprint density at radius 1 is 1.35 bits per heavy atom. The number of rotatable bonds is 3. The number of hydrogen-bond donors (Lipinski definition) is 1. The van der Waals surface area contributed by atoms with E-state index in [0.717, 1.165) is 30.7 Å². The van der Waals surface area contributed by atoms with Gasteiger partial charge in [-0.3, -0.25) is 0 Å². The molecule has 2 aromatic rings. The van der Waals surface area contributed by atoms with Gasteiger partial charge in [0.2, 0.25) is 5.88 Å². The average molecular weight is 232 g/mol. The molecule has 0 aliphatic carbocycles. The molecule has 0 saturated carbocycles. The lowest BCUT2D eigenvalue weighted by Gasteiger charge is -2.22. The number of nitrogens with one attached hydrogen (secondary N) is 1. The Morgan fingerprint density at radius 2 is 2.24 bits per heavy atom. The highest BCUT2D eigenvalue weighted by Gasteiger charge is 2.14. The maximum Gasteiger partial charge on any atom is 0.224 e. The van der Waals surface area contributed by atoms with E-state index in [4.69, 9.17) is 9.15 Å². The second-order valence-electron chi connectivity index (χ2n) is 4.45. The van der Waals surface area contributed by atoms with Crippen LogP contribution >= 0.6 is 0 Å². The van der Waals surface area contributed by atoms with Crippen molar-refractivity contribution in [2.75, 3.05) is 19.7 Å². The summed E-state index contributed by atoms with van der Waals surface area (Å²) in [4.78, 5) is 4.27. The molecule has 0 bridgehead atoms. The standard InChI is InChI=1S/C13H16N2O2/c1-5-14-6-2-10(1)9-17-13-11-4-8-16-12(11)3-7-15-13/h3-4,7-8,10,14H,1-2,5-6,9H2. The first kappa shape index (κ1) is 10.6. The Labute approximate surface area is 100.0 Å². The van der Waals surface area contributed by atoms with Gasteiger partial charge in [0.1, 0.15) is 5.58 Å². The molecule has 1 aliphatic rings. The molecule has 3 heterocycles. The lowest BCUT2D eigenvalue weighted by atomic mass is 9.99. The third-order valence-electron chi connectivity index (χ3n) is 3.26. The smallest absolute Gasteiger partial charge is 0.224 e. The fourth-order valence-corrected chi connectivity index (χ4v) is 2.23. The first-order valence-corrected chi connectivity index (χ1v) is 6.09. The summed E-state index contributed by atoms with van der Waals surface area (Å²) in [6.45, 7) is 2.94. The van der Waals surface area contributed by atoms with Crippen molar-refractivity contribution in [3.63, 3.8) is 0 Å². The predicted molar refractivity (Wildman–Crippen MR) is 65.1 cm³/mol. The summed E-state index contributed by atoms with van der Waals surface area (Å²) in [7, 11) is 0. The van der Waals surface area contributed by atoms with Gasteiger partial charge >= 0.3 is 0 Å². The molecule has 0 unspecified atom stereocenters. The van der Waals surface area contributed by atoms with Crippen molar-refractivity contribution in [1.29, 1.82) is 0 Å². The number of pyridine rings is 1.